The molecule has 18 heavy (non-hydrogen) atoms. The minimum absolute atomic E-state index is 0.217. The predicted octanol–water partition coefficient (Wildman–Crippen LogP) is 3.71. The maximum absolute atomic E-state index is 6.50. The molecule has 106 valence electrons. The molecule has 0 saturated carbocycles. The third kappa shape index (κ3) is 4.10. The van der Waals surface area contributed by atoms with Crippen LogP contribution in [0.2, 0.25) is 0 Å². The standard InChI is InChI=1S/C16H32N2/c1-4-6-7-8-9-12-15(17)16(3,5-2)18-13-10-11-14-18/h4,15H,1,5-14,17H2,2-3H3. The summed E-state index contributed by atoms with van der Waals surface area (Å²) in [6.07, 6.45) is 12.0. The number of allylic oxidation sites excluding steroid dienone is 1. The molecule has 0 spiro atoms. The van der Waals surface area contributed by atoms with Gasteiger partial charge in [-0.2, -0.15) is 0 Å². The summed E-state index contributed by atoms with van der Waals surface area (Å²) in [6, 6.07) is 0.323. The van der Waals surface area contributed by atoms with E-state index in [1.165, 1.54) is 51.6 Å². The van der Waals surface area contributed by atoms with Crippen molar-refractivity contribution in [3.05, 3.63) is 12.7 Å². The van der Waals surface area contributed by atoms with E-state index in [2.05, 4.69) is 25.3 Å². The van der Waals surface area contributed by atoms with Crippen molar-refractivity contribution in [2.24, 2.45) is 5.73 Å². The summed E-state index contributed by atoms with van der Waals surface area (Å²) in [6.45, 7) is 10.9. The number of nitrogens with zero attached hydrogens (tertiary/aromatic N) is 1. The van der Waals surface area contributed by atoms with Gasteiger partial charge in [0.15, 0.2) is 0 Å². The molecule has 2 atom stereocenters. The van der Waals surface area contributed by atoms with E-state index in [9.17, 15) is 0 Å². The molecule has 0 aromatic carbocycles. The molecule has 0 aromatic heterocycles. The van der Waals surface area contributed by atoms with Crippen molar-refractivity contribution < 1.29 is 0 Å². The third-order valence-corrected chi connectivity index (χ3v) is 4.77. The maximum Gasteiger partial charge on any atom is 0.0329 e. The van der Waals surface area contributed by atoms with Crippen LogP contribution in [0, 0.1) is 0 Å². The van der Waals surface area contributed by atoms with Crippen LogP contribution in [-0.4, -0.2) is 29.6 Å². The van der Waals surface area contributed by atoms with E-state index in [1.54, 1.807) is 0 Å². The summed E-state index contributed by atoms with van der Waals surface area (Å²) >= 11 is 0. The van der Waals surface area contributed by atoms with Gasteiger partial charge in [0.05, 0.1) is 0 Å². The van der Waals surface area contributed by atoms with Crippen LogP contribution in [0.25, 0.3) is 0 Å². The van der Waals surface area contributed by atoms with Crippen molar-refractivity contribution in [3.8, 4) is 0 Å². The molecular weight excluding hydrogens is 220 g/mol. The highest BCUT2D eigenvalue weighted by atomic mass is 15.2. The minimum Gasteiger partial charge on any atom is -0.326 e. The second kappa shape index (κ2) is 7.96. The molecule has 1 rings (SSSR count). The van der Waals surface area contributed by atoms with Crippen molar-refractivity contribution in [1.29, 1.82) is 0 Å². The number of rotatable bonds is 9. The number of hydrogen-bond acceptors (Lipinski definition) is 2. The summed E-state index contributed by atoms with van der Waals surface area (Å²) in [5.74, 6) is 0. The molecule has 1 aliphatic rings. The Morgan fingerprint density at radius 3 is 2.50 bits per heavy atom. The lowest BCUT2D eigenvalue weighted by Gasteiger charge is -2.43. The fraction of sp³-hybridized carbons (Fsp3) is 0.875. The Balaban J connectivity index is 2.35. The third-order valence-electron chi connectivity index (χ3n) is 4.77. The molecule has 1 heterocycles. The van der Waals surface area contributed by atoms with E-state index >= 15 is 0 Å². The zero-order valence-corrected chi connectivity index (χ0v) is 12.5. The monoisotopic (exact) mass is 252 g/mol. The Morgan fingerprint density at radius 2 is 1.94 bits per heavy atom. The van der Waals surface area contributed by atoms with Crippen molar-refractivity contribution in [2.75, 3.05) is 13.1 Å². The Bertz CT molecular complexity index is 233. The van der Waals surface area contributed by atoms with Crippen LogP contribution in [0.15, 0.2) is 12.7 Å². The second-order valence-electron chi connectivity index (χ2n) is 5.94. The van der Waals surface area contributed by atoms with E-state index in [0.717, 1.165) is 12.8 Å². The minimum atomic E-state index is 0.217. The van der Waals surface area contributed by atoms with Crippen LogP contribution in [0.1, 0.15) is 65.2 Å². The first-order valence-corrected chi connectivity index (χ1v) is 7.76. The van der Waals surface area contributed by atoms with Crippen LogP contribution in [0.4, 0.5) is 0 Å². The molecular formula is C16H32N2. The van der Waals surface area contributed by atoms with Crippen molar-refractivity contribution in [2.45, 2.75) is 76.8 Å². The Labute approximate surface area is 114 Å². The van der Waals surface area contributed by atoms with E-state index < -0.39 is 0 Å². The first-order valence-electron chi connectivity index (χ1n) is 7.76. The average molecular weight is 252 g/mol. The Morgan fingerprint density at radius 1 is 1.28 bits per heavy atom. The predicted molar refractivity (Wildman–Crippen MR) is 80.8 cm³/mol. The normalized spacial score (nSPS) is 21.7. The molecule has 0 bridgehead atoms. The molecule has 0 amide bonds. The van der Waals surface area contributed by atoms with Gasteiger partial charge in [0.25, 0.3) is 0 Å². The first-order chi connectivity index (χ1) is 8.65. The summed E-state index contributed by atoms with van der Waals surface area (Å²) in [7, 11) is 0. The largest absolute Gasteiger partial charge is 0.326 e. The van der Waals surface area contributed by atoms with Crippen LogP contribution in [0.5, 0.6) is 0 Å². The molecule has 0 aromatic rings. The van der Waals surface area contributed by atoms with Gasteiger partial charge in [-0.3, -0.25) is 4.90 Å². The molecule has 0 aliphatic carbocycles. The number of hydrogen-bond donors (Lipinski definition) is 1. The van der Waals surface area contributed by atoms with E-state index in [0.29, 0.717) is 6.04 Å². The smallest absolute Gasteiger partial charge is 0.0329 e. The zero-order chi connectivity index (χ0) is 13.4. The lowest BCUT2D eigenvalue weighted by atomic mass is 9.85. The van der Waals surface area contributed by atoms with E-state index in [-0.39, 0.29) is 5.54 Å². The van der Waals surface area contributed by atoms with Crippen LogP contribution >= 0.6 is 0 Å². The van der Waals surface area contributed by atoms with Crippen LogP contribution in [0.3, 0.4) is 0 Å². The molecule has 0 radical (unpaired) electrons. The van der Waals surface area contributed by atoms with Crippen molar-refractivity contribution in [3.63, 3.8) is 0 Å². The van der Waals surface area contributed by atoms with Crippen LogP contribution in [-0.2, 0) is 0 Å². The van der Waals surface area contributed by atoms with Crippen LogP contribution < -0.4 is 5.73 Å². The van der Waals surface area contributed by atoms with Crippen molar-refractivity contribution >= 4 is 0 Å². The highest BCUT2D eigenvalue weighted by Gasteiger charge is 2.36. The van der Waals surface area contributed by atoms with Gasteiger partial charge < -0.3 is 5.73 Å². The Kier molecular flexibility index (Phi) is 6.95. The van der Waals surface area contributed by atoms with Gasteiger partial charge in [0.2, 0.25) is 0 Å². The van der Waals surface area contributed by atoms with Gasteiger partial charge in [0, 0.05) is 11.6 Å². The highest BCUT2D eigenvalue weighted by Crippen LogP contribution is 2.29. The molecule has 2 heteroatoms. The van der Waals surface area contributed by atoms with Gasteiger partial charge in [-0.15, -0.1) is 6.58 Å². The molecule has 1 fully saturated rings. The average Bonchev–Trinajstić information content (AvgIpc) is 2.91. The number of unbranched alkanes of at least 4 members (excludes halogenated alkanes) is 3. The highest BCUT2D eigenvalue weighted by molar-refractivity contribution is 4.96. The lowest BCUT2D eigenvalue weighted by Crippen LogP contribution is -2.56. The number of likely N-dealkylation sites (tertiary alicyclic amines) is 1. The molecule has 2 N–H and O–H groups in total. The van der Waals surface area contributed by atoms with Gasteiger partial charge in [-0.25, -0.2) is 0 Å². The zero-order valence-electron chi connectivity index (χ0n) is 12.5. The van der Waals surface area contributed by atoms with E-state index in [1.807, 2.05) is 6.08 Å². The number of nitrogens with two attached hydrogens (primary N) is 1. The quantitative estimate of drug-likeness (QED) is 0.500. The van der Waals surface area contributed by atoms with Crippen molar-refractivity contribution in [1.82, 2.24) is 4.90 Å². The fourth-order valence-electron chi connectivity index (χ4n) is 3.09. The molecule has 1 saturated heterocycles. The topological polar surface area (TPSA) is 29.3 Å². The second-order valence-corrected chi connectivity index (χ2v) is 5.94. The lowest BCUT2D eigenvalue weighted by molar-refractivity contribution is 0.0953. The first kappa shape index (κ1) is 15.7. The maximum atomic E-state index is 6.50. The summed E-state index contributed by atoms with van der Waals surface area (Å²) in [4.78, 5) is 2.63. The summed E-state index contributed by atoms with van der Waals surface area (Å²) in [5, 5.41) is 0. The van der Waals surface area contributed by atoms with Gasteiger partial charge in [0.1, 0.15) is 0 Å². The molecule has 2 nitrogen and oxygen atoms in total. The SMILES string of the molecule is C=CCCCCCC(N)C(C)(CC)N1CCCC1. The molecule has 2 unspecified atom stereocenters. The summed E-state index contributed by atoms with van der Waals surface area (Å²) in [5.41, 5.74) is 6.71. The van der Waals surface area contributed by atoms with Gasteiger partial charge in [-0.1, -0.05) is 25.8 Å². The molecule has 1 aliphatic heterocycles. The van der Waals surface area contributed by atoms with Gasteiger partial charge >= 0.3 is 0 Å². The Hall–Kier alpha value is -0.340. The van der Waals surface area contributed by atoms with Gasteiger partial charge in [-0.05, 0) is 58.5 Å². The summed E-state index contributed by atoms with van der Waals surface area (Å²) < 4.78 is 0. The van der Waals surface area contributed by atoms with E-state index in [4.69, 9.17) is 5.73 Å². The fourth-order valence-corrected chi connectivity index (χ4v) is 3.09.